The Morgan fingerprint density at radius 2 is 1.83 bits per heavy atom. The Kier molecular flexibility index (Phi) is 7.72. The Morgan fingerprint density at radius 3 is 2.52 bits per heavy atom. The van der Waals surface area contributed by atoms with Crippen LogP contribution in [-0.4, -0.2) is 53.4 Å². The van der Waals surface area contributed by atoms with Gasteiger partial charge in [-0.15, -0.1) is 0 Å². The van der Waals surface area contributed by atoms with E-state index in [9.17, 15) is 17.6 Å². The lowest BCUT2D eigenvalue weighted by Gasteiger charge is -2.53. The third-order valence-electron chi connectivity index (χ3n) is 8.57. The Labute approximate surface area is 262 Å². The van der Waals surface area contributed by atoms with E-state index in [0.29, 0.717) is 29.7 Å². The molecule has 2 heterocycles. The fourth-order valence-electron chi connectivity index (χ4n) is 6.40. The summed E-state index contributed by atoms with van der Waals surface area (Å²) in [7, 11) is -2.37. The van der Waals surface area contributed by atoms with Gasteiger partial charge in [-0.3, -0.25) is 4.79 Å². The molecule has 9 nitrogen and oxygen atoms in total. The molecule has 6 rings (SSSR count). The molecule has 240 valence electrons. The zero-order valence-electron chi connectivity index (χ0n) is 25.1. The number of aromatic amines is 2. The molecule has 0 atom stereocenters. The normalized spacial score (nSPS) is 19.7. The molecular formula is C33H30F3N3O6S. The van der Waals surface area contributed by atoms with Gasteiger partial charge in [0.05, 0.1) is 11.2 Å². The number of aliphatic carboxylic acids is 1. The van der Waals surface area contributed by atoms with Gasteiger partial charge in [0.1, 0.15) is 28.1 Å². The van der Waals surface area contributed by atoms with Gasteiger partial charge < -0.3 is 24.5 Å². The van der Waals surface area contributed by atoms with E-state index in [4.69, 9.17) is 14.6 Å². The first-order valence-corrected chi connectivity index (χ1v) is 16.2. The minimum absolute atomic E-state index is 0.0295. The standard InChI is InChI=1S/C33H30F3N3O6S/c1-32(44-2)16-33(17-32,19-10-18(4-7-28(40)41)11-20(34)12-19)27-15-38-31(39-27)23-13-21(5-6-24(23)35)45-29-25(36)14-26-22(8-9-37-26)30(29)46(3,42)43/h5-6,8-15,37H,4,7,16-17H2,1-3H3,(H,38,39)(H,40,41). The van der Waals surface area contributed by atoms with Crippen molar-refractivity contribution in [3.8, 4) is 22.9 Å². The second kappa shape index (κ2) is 11.3. The number of H-pyrrole nitrogens is 2. The highest BCUT2D eigenvalue weighted by Gasteiger charge is 2.55. The molecule has 1 aliphatic carbocycles. The number of aromatic nitrogens is 3. The van der Waals surface area contributed by atoms with Crippen LogP contribution in [0.3, 0.4) is 0 Å². The first-order valence-electron chi connectivity index (χ1n) is 14.3. The van der Waals surface area contributed by atoms with Crippen LogP contribution in [0, 0.1) is 17.5 Å². The van der Waals surface area contributed by atoms with E-state index in [1.54, 1.807) is 13.2 Å². The predicted molar refractivity (Wildman–Crippen MR) is 163 cm³/mol. The van der Waals surface area contributed by atoms with Gasteiger partial charge in [0.25, 0.3) is 0 Å². The van der Waals surface area contributed by atoms with E-state index in [1.165, 1.54) is 42.7 Å². The SMILES string of the molecule is COC1(C)CC(c2cc(F)cc(CCC(=O)O)c2)(c2cnc(-c3cc(Oc4c(F)cc5[nH]ccc5c4S(C)(=O)=O)ccc3F)[nH]2)C1. The largest absolute Gasteiger partial charge is 0.481 e. The first-order chi connectivity index (χ1) is 21.7. The molecule has 0 unspecified atom stereocenters. The highest BCUT2D eigenvalue weighted by atomic mass is 32.2. The number of hydrogen-bond donors (Lipinski definition) is 3. The number of benzene rings is 3. The van der Waals surface area contributed by atoms with Crippen LogP contribution in [0.2, 0.25) is 0 Å². The maximum atomic E-state index is 15.3. The fraction of sp³-hybridized carbons (Fsp3) is 0.273. The molecule has 2 aromatic heterocycles. The monoisotopic (exact) mass is 653 g/mol. The minimum Gasteiger partial charge on any atom is -0.481 e. The summed E-state index contributed by atoms with van der Waals surface area (Å²) in [5.41, 5.74) is 0.574. The van der Waals surface area contributed by atoms with Gasteiger partial charge in [-0.05, 0) is 73.7 Å². The van der Waals surface area contributed by atoms with Crippen LogP contribution in [0.15, 0.2) is 65.8 Å². The quantitative estimate of drug-likeness (QED) is 0.153. The number of sulfone groups is 1. The number of imidazole rings is 1. The van der Waals surface area contributed by atoms with Crippen LogP contribution in [0.5, 0.6) is 11.5 Å². The molecule has 3 N–H and O–H groups in total. The summed E-state index contributed by atoms with van der Waals surface area (Å²) in [4.78, 5) is 21.2. The summed E-state index contributed by atoms with van der Waals surface area (Å²) in [6.07, 6.45) is 4.80. The van der Waals surface area contributed by atoms with Gasteiger partial charge in [-0.2, -0.15) is 0 Å². The first kappa shape index (κ1) is 31.4. The number of aryl methyl sites for hydroxylation is 1. The van der Waals surface area contributed by atoms with Gasteiger partial charge in [-0.1, -0.05) is 6.07 Å². The van der Waals surface area contributed by atoms with Crippen LogP contribution >= 0.6 is 0 Å². The molecule has 0 amide bonds. The van der Waals surface area contributed by atoms with Crippen LogP contribution in [-0.2, 0) is 31.2 Å². The van der Waals surface area contributed by atoms with Crippen molar-refractivity contribution in [1.29, 1.82) is 0 Å². The van der Waals surface area contributed by atoms with E-state index in [1.807, 2.05) is 6.92 Å². The molecule has 5 aromatic rings. The summed E-state index contributed by atoms with van der Waals surface area (Å²) in [6, 6.07) is 10.7. The van der Waals surface area contributed by atoms with Crippen LogP contribution in [0.1, 0.15) is 43.0 Å². The third-order valence-corrected chi connectivity index (χ3v) is 9.72. The average Bonchev–Trinajstić information content (AvgIpc) is 3.65. The van der Waals surface area contributed by atoms with Gasteiger partial charge in [0.2, 0.25) is 0 Å². The number of nitrogens with one attached hydrogen (secondary N) is 2. The summed E-state index contributed by atoms with van der Waals surface area (Å²) in [5.74, 6) is -3.57. The number of nitrogens with zero attached hydrogens (tertiary/aromatic N) is 1. The van der Waals surface area contributed by atoms with Crippen molar-refractivity contribution in [3.05, 3.63) is 95.2 Å². The molecule has 0 spiro atoms. The maximum Gasteiger partial charge on any atom is 0.303 e. The number of carboxylic acids is 1. The lowest BCUT2D eigenvalue weighted by atomic mass is 9.55. The van der Waals surface area contributed by atoms with E-state index >= 15 is 8.78 Å². The smallest absolute Gasteiger partial charge is 0.303 e. The number of rotatable bonds is 10. The highest BCUT2D eigenvalue weighted by molar-refractivity contribution is 7.91. The summed E-state index contributed by atoms with van der Waals surface area (Å²) >= 11 is 0. The molecule has 0 aliphatic heterocycles. The number of halogens is 3. The Hall–Kier alpha value is -4.62. The molecule has 0 saturated heterocycles. The zero-order valence-corrected chi connectivity index (χ0v) is 25.9. The topological polar surface area (TPSA) is 134 Å². The number of hydrogen-bond acceptors (Lipinski definition) is 6. The minimum atomic E-state index is -3.95. The molecule has 1 saturated carbocycles. The molecule has 13 heteroatoms. The highest BCUT2D eigenvalue weighted by Crippen LogP contribution is 2.56. The molecule has 0 radical (unpaired) electrons. The Morgan fingerprint density at radius 1 is 1.07 bits per heavy atom. The Balaban J connectivity index is 1.39. The molecule has 1 fully saturated rings. The lowest BCUT2D eigenvalue weighted by Crippen LogP contribution is -2.54. The summed E-state index contributed by atoms with van der Waals surface area (Å²) in [6.45, 7) is 1.92. The van der Waals surface area contributed by atoms with E-state index in [2.05, 4.69) is 15.0 Å². The van der Waals surface area contributed by atoms with Crippen LogP contribution in [0.4, 0.5) is 13.2 Å². The molecule has 1 aliphatic rings. The van der Waals surface area contributed by atoms with Crippen molar-refractivity contribution < 1.29 is 41.0 Å². The van der Waals surface area contributed by atoms with E-state index in [-0.39, 0.29) is 45.8 Å². The molecule has 3 aromatic carbocycles. The number of ether oxygens (including phenoxy) is 2. The Bertz CT molecular complexity index is 2100. The van der Waals surface area contributed by atoms with Crippen molar-refractivity contribution in [3.63, 3.8) is 0 Å². The summed E-state index contributed by atoms with van der Waals surface area (Å²) in [5, 5.41) is 9.38. The van der Waals surface area contributed by atoms with Crippen LogP contribution < -0.4 is 4.74 Å². The second-order valence-electron chi connectivity index (χ2n) is 11.9. The second-order valence-corrected chi connectivity index (χ2v) is 13.9. The number of methoxy groups -OCH3 is 1. The molecule has 0 bridgehead atoms. The lowest BCUT2D eigenvalue weighted by molar-refractivity contribution is -0.136. The fourth-order valence-corrected chi connectivity index (χ4v) is 7.45. The van der Waals surface area contributed by atoms with Gasteiger partial charge >= 0.3 is 5.97 Å². The van der Waals surface area contributed by atoms with E-state index in [0.717, 1.165) is 18.4 Å². The summed E-state index contributed by atoms with van der Waals surface area (Å²) < 4.78 is 82.1. The van der Waals surface area contributed by atoms with Crippen molar-refractivity contribution in [2.75, 3.05) is 13.4 Å². The average molecular weight is 654 g/mol. The van der Waals surface area contributed by atoms with Crippen molar-refractivity contribution in [2.45, 2.75) is 48.5 Å². The van der Waals surface area contributed by atoms with E-state index < -0.39 is 50.0 Å². The zero-order chi connectivity index (χ0) is 33.0. The van der Waals surface area contributed by atoms with Crippen molar-refractivity contribution >= 4 is 26.7 Å². The van der Waals surface area contributed by atoms with Gasteiger partial charge in [0.15, 0.2) is 21.4 Å². The number of fused-ring (bicyclic) bond motifs is 1. The van der Waals surface area contributed by atoms with Crippen molar-refractivity contribution in [2.24, 2.45) is 0 Å². The molecule has 46 heavy (non-hydrogen) atoms. The van der Waals surface area contributed by atoms with Gasteiger partial charge in [-0.25, -0.2) is 26.6 Å². The van der Waals surface area contributed by atoms with Gasteiger partial charge in [0, 0.05) is 60.3 Å². The third kappa shape index (κ3) is 5.64. The maximum absolute atomic E-state index is 15.3. The molecular weight excluding hydrogens is 623 g/mol. The van der Waals surface area contributed by atoms with Crippen molar-refractivity contribution in [1.82, 2.24) is 15.0 Å². The predicted octanol–water partition coefficient (Wildman–Crippen LogP) is 6.67. The van der Waals surface area contributed by atoms with Crippen LogP contribution in [0.25, 0.3) is 22.3 Å². The number of carboxylic acid groups (broad SMARTS) is 1. The number of carbonyl (C=O) groups is 1.